The first-order valence-electron chi connectivity index (χ1n) is 7.41. The van der Waals surface area contributed by atoms with E-state index >= 15 is 0 Å². The fraction of sp³-hybridized carbons (Fsp3) is 0.562. The summed E-state index contributed by atoms with van der Waals surface area (Å²) in [5.41, 5.74) is 6.48. The van der Waals surface area contributed by atoms with Crippen LogP contribution in [0.4, 0.5) is 0 Å². The maximum absolute atomic E-state index is 11.8. The zero-order valence-electron chi connectivity index (χ0n) is 13.8. The molecule has 23 heavy (non-hydrogen) atoms. The van der Waals surface area contributed by atoms with E-state index in [1.54, 1.807) is 23.9 Å². The Balaban J connectivity index is 0.00000484. The average Bonchev–Trinajstić information content (AvgIpc) is 2.49. The summed E-state index contributed by atoms with van der Waals surface area (Å²) in [6.45, 7) is 4.02. The van der Waals surface area contributed by atoms with Crippen LogP contribution >= 0.6 is 24.2 Å². The van der Waals surface area contributed by atoms with Gasteiger partial charge in [-0.1, -0.05) is 12.1 Å². The van der Waals surface area contributed by atoms with Crippen LogP contribution in [0.15, 0.2) is 24.3 Å². The Hall–Kier alpha value is -0.950. The maximum Gasteiger partial charge on any atom is 0.237 e. The normalized spacial score (nSPS) is 13.1. The molecule has 4 N–H and O–H groups in total. The van der Waals surface area contributed by atoms with Gasteiger partial charge in [0.05, 0.1) is 18.2 Å². The van der Waals surface area contributed by atoms with Crippen molar-refractivity contribution in [1.82, 2.24) is 5.32 Å². The molecule has 1 amide bonds. The number of hydrogen-bond acceptors (Lipinski definition) is 5. The van der Waals surface area contributed by atoms with Gasteiger partial charge in [-0.15, -0.1) is 12.4 Å². The third-order valence-electron chi connectivity index (χ3n) is 3.05. The number of nitrogens with one attached hydrogen (secondary N) is 1. The summed E-state index contributed by atoms with van der Waals surface area (Å²) < 4.78 is 5.59. The van der Waals surface area contributed by atoms with Gasteiger partial charge >= 0.3 is 0 Å². The van der Waals surface area contributed by atoms with Gasteiger partial charge in [-0.2, -0.15) is 11.8 Å². The molecule has 132 valence electrons. The van der Waals surface area contributed by atoms with E-state index in [9.17, 15) is 9.90 Å². The number of ether oxygens (including phenoxy) is 1. The van der Waals surface area contributed by atoms with Crippen molar-refractivity contribution in [2.75, 3.05) is 18.6 Å². The number of halogens is 1. The molecule has 0 aliphatic rings. The number of aliphatic hydroxyl groups is 1. The van der Waals surface area contributed by atoms with Crippen LogP contribution in [0.3, 0.4) is 0 Å². The van der Waals surface area contributed by atoms with Crippen LogP contribution in [0, 0.1) is 0 Å². The summed E-state index contributed by atoms with van der Waals surface area (Å²) in [5.74, 6) is 1.31. The van der Waals surface area contributed by atoms with E-state index in [-0.39, 0.29) is 31.0 Å². The number of hydrogen-bond donors (Lipinski definition) is 3. The number of thioether (sulfide) groups is 1. The monoisotopic (exact) mass is 362 g/mol. The molecule has 0 aromatic heterocycles. The van der Waals surface area contributed by atoms with Crippen LogP contribution in [0.5, 0.6) is 5.75 Å². The summed E-state index contributed by atoms with van der Waals surface area (Å²) in [7, 11) is 0. The Morgan fingerprint density at radius 3 is 2.74 bits per heavy atom. The SMILES string of the molecule is CSCC[C@H](N)C(=O)NCC(O)c1cccc(OC(C)C)c1.Cl. The molecule has 0 fully saturated rings. The molecule has 2 atom stereocenters. The predicted molar refractivity (Wildman–Crippen MR) is 98.4 cm³/mol. The molecule has 1 aromatic carbocycles. The first-order valence-corrected chi connectivity index (χ1v) is 8.80. The van der Waals surface area contributed by atoms with Gasteiger partial charge in [-0.3, -0.25) is 4.79 Å². The maximum atomic E-state index is 11.8. The Bertz CT molecular complexity index is 474. The molecule has 5 nitrogen and oxygen atoms in total. The van der Waals surface area contributed by atoms with Crippen molar-refractivity contribution in [3.8, 4) is 5.75 Å². The summed E-state index contributed by atoms with van der Waals surface area (Å²) in [6, 6.07) is 6.72. The molecular formula is C16H27ClN2O3S. The van der Waals surface area contributed by atoms with Crippen molar-refractivity contribution in [2.45, 2.75) is 38.5 Å². The van der Waals surface area contributed by atoms with Crippen LogP contribution in [0.1, 0.15) is 31.9 Å². The van der Waals surface area contributed by atoms with E-state index in [0.717, 1.165) is 5.75 Å². The molecule has 0 spiro atoms. The highest BCUT2D eigenvalue weighted by atomic mass is 35.5. The van der Waals surface area contributed by atoms with Crippen molar-refractivity contribution < 1.29 is 14.6 Å². The topological polar surface area (TPSA) is 84.6 Å². The molecule has 0 radical (unpaired) electrons. The van der Waals surface area contributed by atoms with Crippen molar-refractivity contribution in [3.05, 3.63) is 29.8 Å². The van der Waals surface area contributed by atoms with Gasteiger partial charge in [0.2, 0.25) is 5.91 Å². The summed E-state index contributed by atoms with van der Waals surface area (Å²) >= 11 is 1.65. The summed E-state index contributed by atoms with van der Waals surface area (Å²) in [5, 5.41) is 12.9. The van der Waals surface area contributed by atoms with Gasteiger partial charge in [0.1, 0.15) is 5.75 Å². The highest BCUT2D eigenvalue weighted by Gasteiger charge is 2.15. The van der Waals surface area contributed by atoms with E-state index in [2.05, 4.69) is 5.32 Å². The third-order valence-corrected chi connectivity index (χ3v) is 3.70. The van der Waals surface area contributed by atoms with Gasteiger partial charge in [0.15, 0.2) is 0 Å². The standard InChI is InChI=1S/C16H26N2O3S.ClH/c1-11(2)21-13-6-4-5-12(9-13)15(19)10-18-16(20)14(17)7-8-22-3;/h4-6,9,11,14-15,19H,7-8,10,17H2,1-3H3,(H,18,20);1H/t14-,15?;/m0./s1. The Kier molecular flexibility index (Phi) is 11.1. The highest BCUT2D eigenvalue weighted by molar-refractivity contribution is 7.98. The molecule has 1 rings (SSSR count). The Morgan fingerprint density at radius 1 is 1.43 bits per heavy atom. The van der Waals surface area contributed by atoms with Gasteiger partial charge < -0.3 is 20.9 Å². The van der Waals surface area contributed by atoms with E-state index in [0.29, 0.717) is 17.7 Å². The van der Waals surface area contributed by atoms with Gasteiger partial charge in [-0.05, 0) is 50.0 Å². The van der Waals surface area contributed by atoms with E-state index < -0.39 is 12.1 Å². The molecule has 0 aliphatic carbocycles. The fourth-order valence-electron chi connectivity index (χ4n) is 1.89. The van der Waals surface area contributed by atoms with Crippen molar-refractivity contribution in [1.29, 1.82) is 0 Å². The number of carbonyl (C=O) groups is 1. The van der Waals surface area contributed by atoms with Gasteiger partial charge in [-0.25, -0.2) is 0 Å². The number of aliphatic hydroxyl groups excluding tert-OH is 1. The molecule has 0 aliphatic heterocycles. The van der Waals surface area contributed by atoms with Crippen LogP contribution in [-0.2, 0) is 4.79 Å². The minimum absolute atomic E-state index is 0. The van der Waals surface area contributed by atoms with E-state index in [1.807, 2.05) is 32.2 Å². The van der Waals surface area contributed by atoms with Gasteiger partial charge in [0, 0.05) is 6.54 Å². The second-order valence-corrected chi connectivity index (χ2v) is 6.37. The largest absolute Gasteiger partial charge is 0.491 e. The Labute approximate surface area is 148 Å². The smallest absolute Gasteiger partial charge is 0.237 e. The lowest BCUT2D eigenvalue weighted by molar-refractivity contribution is -0.122. The average molecular weight is 363 g/mol. The third kappa shape index (κ3) is 8.46. The van der Waals surface area contributed by atoms with E-state index in [1.165, 1.54) is 0 Å². The molecule has 0 heterocycles. The second kappa shape index (κ2) is 11.6. The fourth-order valence-corrected chi connectivity index (χ4v) is 2.38. The molecule has 0 bridgehead atoms. The first kappa shape index (κ1) is 22.1. The van der Waals surface area contributed by atoms with Gasteiger partial charge in [0.25, 0.3) is 0 Å². The van der Waals surface area contributed by atoms with Crippen LogP contribution in [0.2, 0.25) is 0 Å². The van der Waals surface area contributed by atoms with Crippen molar-refractivity contribution in [2.24, 2.45) is 5.73 Å². The Morgan fingerprint density at radius 2 is 2.13 bits per heavy atom. The quantitative estimate of drug-likeness (QED) is 0.626. The molecule has 1 unspecified atom stereocenters. The second-order valence-electron chi connectivity index (χ2n) is 5.39. The summed E-state index contributed by atoms with van der Waals surface area (Å²) in [6.07, 6.45) is 1.88. The summed E-state index contributed by atoms with van der Waals surface area (Å²) in [4.78, 5) is 11.8. The lowest BCUT2D eigenvalue weighted by atomic mass is 10.1. The predicted octanol–water partition coefficient (Wildman–Crippen LogP) is 2.13. The number of nitrogens with two attached hydrogens (primary N) is 1. The molecule has 1 aromatic rings. The lowest BCUT2D eigenvalue weighted by Crippen LogP contribution is -2.42. The first-order chi connectivity index (χ1) is 10.4. The van der Waals surface area contributed by atoms with Crippen LogP contribution in [0.25, 0.3) is 0 Å². The molecule has 7 heteroatoms. The van der Waals surface area contributed by atoms with Crippen LogP contribution in [-0.4, -0.2) is 41.7 Å². The van der Waals surface area contributed by atoms with Crippen LogP contribution < -0.4 is 15.8 Å². The van der Waals surface area contributed by atoms with Crippen molar-refractivity contribution in [3.63, 3.8) is 0 Å². The number of benzene rings is 1. The van der Waals surface area contributed by atoms with E-state index in [4.69, 9.17) is 10.5 Å². The number of rotatable bonds is 9. The zero-order valence-corrected chi connectivity index (χ0v) is 15.5. The van der Waals surface area contributed by atoms with Crippen molar-refractivity contribution >= 4 is 30.1 Å². The minimum Gasteiger partial charge on any atom is -0.491 e. The highest BCUT2D eigenvalue weighted by Crippen LogP contribution is 2.19. The number of carbonyl (C=O) groups excluding carboxylic acids is 1. The minimum atomic E-state index is -0.785. The zero-order chi connectivity index (χ0) is 16.5. The molecule has 0 saturated carbocycles. The lowest BCUT2D eigenvalue weighted by Gasteiger charge is -2.16. The molecule has 0 saturated heterocycles. The number of amides is 1. The molecular weight excluding hydrogens is 336 g/mol.